The van der Waals surface area contributed by atoms with E-state index in [4.69, 9.17) is 9.37 Å². The summed E-state index contributed by atoms with van der Waals surface area (Å²) in [5.41, 5.74) is 2.85. The van der Waals surface area contributed by atoms with Crippen molar-refractivity contribution in [2.24, 2.45) is 0 Å². The van der Waals surface area contributed by atoms with Gasteiger partial charge in [-0.2, -0.15) is 0 Å². The summed E-state index contributed by atoms with van der Waals surface area (Å²) in [6, 6.07) is 7.71. The van der Waals surface area contributed by atoms with Crippen LogP contribution in [0.1, 0.15) is 17.0 Å². The maximum Gasteiger partial charge on any atom is 0.260 e. The second-order valence-corrected chi connectivity index (χ2v) is 6.05. The summed E-state index contributed by atoms with van der Waals surface area (Å²) >= 11 is 0. The molecule has 1 aromatic heterocycles. The Hall–Kier alpha value is -2.41. The zero-order valence-corrected chi connectivity index (χ0v) is 14.1. The van der Waals surface area contributed by atoms with E-state index in [2.05, 4.69) is 15.2 Å². The van der Waals surface area contributed by atoms with Gasteiger partial charge in [-0.1, -0.05) is 28.0 Å². The molecule has 2 aromatic rings. The second-order valence-electron chi connectivity index (χ2n) is 6.05. The lowest BCUT2D eigenvalue weighted by Crippen LogP contribution is -2.49. The van der Waals surface area contributed by atoms with Gasteiger partial charge in [-0.25, -0.2) is 4.63 Å². The number of aromatic nitrogens is 2. The summed E-state index contributed by atoms with van der Waals surface area (Å²) in [7, 11) is 0. The van der Waals surface area contributed by atoms with Crippen LogP contribution in [-0.4, -0.2) is 58.8 Å². The molecule has 0 unspecified atom stereocenters. The standard InChI is InChI=1S/C17H22N4O3/c1-13-3-5-15(6-4-13)23-12-17(22)21-9-7-20(8-10-21)11-16-14(2)18-24-19-16/h3-6H,7-12H2,1-2H3. The Morgan fingerprint density at radius 1 is 1.12 bits per heavy atom. The number of carbonyl (C=O) groups excluding carboxylic acids is 1. The third kappa shape index (κ3) is 4.11. The lowest BCUT2D eigenvalue weighted by molar-refractivity contribution is -0.135. The van der Waals surface area contributed by atoms with Crippen LogP contribution in [0.2, 0.25) is 0 Å². The van der Waals surface area contributed by atoms with Gasteiger partial charge in [0.25, 0.3) is 5.91 Å². The fourth-order valence-electron chi connectivity index (χ4n) is 2.63. The lowest BCUT2D eigenvalue weighted by Gasteiger charge is -2.34. The van der Waals surface area contributed by atoms with Crippen molar-refractivity contribution in [1.82, 2.24) is 20.1 Å². The fourth-order valence-corrected chi connectivity index (χ4v) is 2.63. The quantitative estimate of drug-likeness (QED) is 0.825. The van der Waals surface area contributed by atoms with Crippen LogP contribution >= 0.6 is 0 Å². The Balaban J connectivity index is 1.43. The molecule has 1 fully saturated rings. The number of hydrogen-bond donors (Lipinski definition) is 0. The highest BCUT2D eigenvalue weighted by Gasteiger charge is 2.22. The van der Waals surface area contributed by atoms with Crippen LogP contribution in [0.4, 0.5) is 0 Å². The fraction of sp³-hybridized carbons (Fsp3) is 0.471. The number of benzene rings is 1. The van der Waals surface area contributed by atoms with E-state index < -0.39 is 0 Å². The number of nitrogens with zero attached hydrogens (tertiary/aromatic N) is 4. The average molecular weight is 330 g/mol. The summed E-state index contributed by atoms with van der Waals surface area (Å²) in [5.74, 6) is 0.746. The summed E-state index contributed by atoms with van der Waals surface area (Å²) in [6.07, 6.45) is 0. The van der Waals surface area contributed by atoms with Gasteiger partial charge in [0.05, 0.1) is 0 Å². The van der Waals surface area contributed by atoms with Crippen LogP contribution in [0.3, 0.4) is 0 Å². The molecule has 3 rings (SSSR count). The van der Waals surface area contributed by atoms with Crippen LogP contribution in [0, 0.1) is 13.8 Å². The zero-order valence-electron chi connectivity index (χ0n) is 14.1. The van der Waals surface area contributed by atoms with Crippen molar-refractivity contribution in [3.63, 3.8) is 0 Å². The topological polar surface area (TPSA) is 71.7 Å². The first kappa shape index (κ1) is 16.4. The molecule has 1 aromatic carbocycles. The minimum atomic E-state index is 0.0227. The molecule has 7 nitrogen and oxygen atoms in total. The molecule has 0 aliphatic carbocycles. The summed E-state index contributed by atoms with van der Waals surface area (Å²) < 4.78 is 10.3. The first-order valence-electron chi connectivity index (χ1n) is 8.09. The van der Waals surface area contributed by atoms with Gasteiger partial charge in [0.15, 0.2) is 6.61 Å². The Bertz CT molecular complexity index is 675. The van der Waals surface area contributed by atoms with Crippen molar-refractivity contribution >= 4 is 5.91 Å². The Labute approximate surface area is 141 Å². The van der Waals surface area contributed by atoms with Gasteiger partial charge in [0.1, 0.15) is 17.1 Å². The number of carbonyl (C=O) groups is 1. The van der Waals surface area contributed by atoms with Crippen molar-refractivity contribution in [1.29, 1.82) is 0 Å². The van der Waals surface area contributed by atoms with Crippen molar-refractivity contribution in [2.75, 3.05) is 32.8 Å². The molecule has 0 atom stereocenters. The molecule has 0 saturated carbocycles. The van der Waals surface area contributed by atoms with E-state index in [1.54, 1.807) is 0 Å². The van der Waals surface area contributed by atoms with Crippen molar-refractivity contribution in [3.8, 4) is 5.75 Å². The van der Waals surface area contributed by atoms with E-state index in [9.17, 15) is 4.79 Å². The molecule has 1 aliphatic rings. The first-order valence-corrected chi connectivity index (χ1v) is 8.09. The highest BCUT2D eigenvalue weighted by atomic mass is 16.6. The molecule has 7 heteroatoms. The van der Waals surface area contributed by atoms with Gasteiger partial charge in [0.2, 0.25) is 0 Å². The predicted octanol–water partition coefficient (Wildman–Crippen LogP) is 1.41. The van der Waals surface area contributed by atoms with Crippen LogP contribution in [0.25, 0.3) is 0 Å². The number of rotatable bonds is 5. The van der Waals surface area contributed by atoms with Gasteiger partial charge in [0, 0.05) is 32.7 Å². The molecule has 0 radical (unpaired) electrons. The van der Waals surface area contributed by atoms with E-state index in [1.807, 2.05) is 43.0 Å². The molecule has 0 N–H and O–H groups in total. The highest BCUT2D eigenvalue weighted by Crippen LogP contribution is 2.12. The Morgan fingerprint density at radius 2 is 1.83 bits per heavy atom. The maximum atomic E-state index is 12.3. The molecule has 1 amide bonds. The maximum absolute atomic E-state index is 12.3. The number of hydrogen-bond acceptors (Lipinski definition) is 6. The number of piperazine rings is 1. The zero-order chi connectivity index (χ0) is 16.9. The highest BCUT2D eigenvalue weighted by molar-refractivity contribution is 5.77. The van der Waals surface area contributed by atoms with Gasteiger partial charge in [-0.3, -0.25) is 9.69 Å². The van der Waals surface area contributed by atoms with Gasteiger partial charge in [-0.15, -0.1) is 0 Å². The largest absolute Gasteiger partial charge is 0.484 e. The van der Waals surface area contributed by atoms with E-state index >= 15 is 0 Å². The molecule has 128 valence electrons. The van der Waals surface area contributed by atoms with E-state index in [1.165, 1.54) is 5.56 Å². The van der Waals surface area contributed by atoms with Gasteiger partial charge < -0.3 is 9.64 Å². The first-order chi connectivity index (χ1) is 11.6. The van der Waals surface area contributed by atoms with Gasteiger partial charge >= 0.3 is 0 Å². The molecule has 2 heterocycles. The molecule has 0 spiro atoms. The lowest BCUT2D eigenvalue weighted by atomic mass is 10.2. The van der Waals surface area contributed by atoms with E-state index in [0.29, 0.717) is 19.6 Å². The van der Waals surface area contributed by atoms with Crippen LogP contribution in [0.5, 0.6) is 5.75 Å². The van der Waals surface area contributed by atoms with Crippen LogP contribution < -0.4 is 4.74 Å². The van der Waals surface area contributed by atoms with E-state index in [0.717, 1.165) is 30.2 Å². The SMILES string of the molecule is Cc1ccc(OCC(=O)N2CCN(Cc3nonc3C)CC2)cc1. The third-order valence-electron chi connectivity index (χ3n) is 4.23. The third-order valence-corrected chi connectivity index (χ3v) is 4.23. The molecule has 24 heavy (non-hydrogen) atoms. The molecule has 1 aliphatic heterocycles. The number of amides is 1. The molecule has 1 saturated heterocycles. The number of ether oxygens (including phenoxy) is 1. The monoisotopic (exact) mass is 330 g/mol. The van der Waals surface area contributed by atoms with Crippen LogP contribution in [-0.2, 0) is 11.3 Å². The molecular formula is C17H22N4O3. The minimum Gasteiger partial charge on any atom is -0.484 e. The minimum absolute atomic E-state index is 0.0227. The summed E-state index contributed by atoms with van der Waals surface area (Å²) in [6.45, 7) is 7.69. The summed E-state index contributed by atoms with van der Waals surface area (Å²) in [4.78, 5) is 16.4. The predicted molar refractivity (Wildman–Crippen MR) is 87.6 cm³/mol. The Morgan fingerprint density at radius 3 is 2.46 bits per heavy atom. The van der Waals surface area contributed by atoms with Gasteiger partial charge in [-0.05, 0) is 26.0 Å². The van der Waals surface area contributed by atoms with Crippen LogP contribution in [0.15, 0.2) is 28.9 Å². The normalized spacial score (nSPS) is 15.5. The second kappa shape index (κ2) is 7.44. The smallest absolute Gasteiger partial charge is 0.260 e. The van der Waals surface area contributed by atoms with Crippen molar-refractivity contribution in [3.05, 3.63) is 41.2 Å². The number of aryl methyl sites for hydroxylation is 2. The summed E-state index contributed by atoms with van der Waals surface area (Å²) in [5, 5.41) is 7.69. The average Bonchev–Trinajstić information content (AvgIpc) is 3.00. The molecule has 0 bridgehead atoms. The van der Waals surface area contributed by atoms with E-state index in [-0.39, 0.29) is 12.5 Å². The van der Waals surface area contributed by atoms with Crippen molar-refractivity contribution < 1.29 is 14.2 Å². The Kier molecular flexibility index (Phi) is 5.10. The molecular weight excluding hydrogens is 308 g/mol. The van der Waals surface area contributed by atoms with Crippen molar-refractivity contribution in [2.45, 2.75) is 20.4 Å².